The van der Waals surface area contributed by atoms with Crippen LogP contribution in [0.2, 0.25) is 5.02 Å². The van der Waals surface area contributed by atoms with Crippen LogP contribution in [0.4, 0.5) is 16.2 Å². The van der Waals surface area contributed by atoms with Gasteiger partial charge in [-0.15, -0.1) is 0 Å². The van der Waals surface area contributed by atoms with Gasteiger partial charge in [-0.05, 0) is 18.2 Å². The lowest BCUT2D eigenvalue weighted by Gasteiger charge is -2.11. The Kier molecular flexibility index (Phi) is 7.27. The maximum absolute atomic E-state index is 11.7. The van der Waals surface area contributed by atoms with Crippen LogP contribution in [-0.2, 0) is 19.4 Å². The van der Waals surface area contributed by atoms with Crippen LogP contribution in [0.5, 0.6) is 0 Å². The zero-order valence-electron chi connectivity index (χ0n) is 12.7. The van der Waals surface area contributed by atoms with Gasteiger partial charge in [-0.25, -0.2) is 13.2 Å². The third-order valence-electron chi connectivity index (χ3n) is 2.53. The van der Waals surface area contributed by atoms with Gasteiger partial charge in [-0.3, -0.25) is 4.79 Å². The van der Waals surface area contributed by atoms with Crippen LogP contribution in [0.1, 0.15) is 0 Å². The molecule has 128 valence electrons. The van der Waals surface area contributed by atoms with Gasteiger partial charge in [0.2, 0.25) is 5.91 Å². The third-order valence-corrected chi connectivity index (χ3v) is 3.81. The molecule has 0 aromatic heterocycles. The number of sulfone groups is 1. The zero-order chi connectivity index (χ0) is 17.5. The summed E-state index contributed by atoms with van der Waals surface area (Å²) in [5.41, 5.74) is 0.710. The Balaban J connectivity index is 2.64. The first-order valence-electron chi connectivity index (χ1n) is 6.52. The summed E-state index contributed by atoms with van der Waals surface area (Å²) < 4.78 is 26.7. The second kappa shape index (κ2) is 8.70. The van der Waals surface area contributed by atoms with Gasteiger partial charge in [0.25, 0.3) is 0 Å². The van der Waals surface area contributed by atoms with Crippen molar-refractivity contribution in [2.45, 2.75) is 0 Å². The summed E-state index contributed by atoms with van der Waals surface area (Å²) in [6.45, 7) is -0.121. The molecular weight excluding hydrogens is 346 g/mol. The van der Waals surface area contributed by atoms with E-state index in [1.54, 1.807) is 6.07 Å². The molecule has 0 unspecified atom stereocenters. The first kappa shape index (κ1) is 19.2. The Morgan fingerprint density at radius 2 is 1.96 bits per heavy atom. The number of carbonyl (C=O) groups is 2. The Morgan fingerprint density at radius 3 is 2.57 bits per heavy atom. The maximum Gasteiger partial charge on any atom is 0.319 e. The number of benzene rings is 1. The minimum Gasteiger partial charge on any atom is -0.375 e. The van der Waals surface area contributed by atoms with E-state index in [0.29, 0.717) is 5.69 Å². The number of anilines is 2. The summed E-state index contributed by atoms with van der Waals surface area (Å²) >= 11 is 5.97. The fourth-order valence-electron chi connectivity index (χ4n) is 1.54. The number of urea groups is 1. The molecule has 8 nitrogen and oxygen atoms in total. The van der Waals surface area contributed by atoms with E-state index >= 15 is 0 Å². The Bertz CT molecular complexity index is 678. The standard InChI is InChI=1S/C13H18ClN3O5S/c1-22-8-12(18)16-9-3-4-10(14)11(7-9)17-13(19)15-5-6-23(2,20)21/h3-4,7H,5-6,8H2,1-2H3,(H,16,18)(H2,15,17,19). The number of halogens is 1. The molecule has 0 bridgehead atoms. The predicted molar refractivity (Wildman–Crippen MR) is 88.7 cm³/mol. The van der Waals surface area contributed by atoms with Gasteiger partial charge in [0.1, 0.15) is 16.4 Å². The smallest absolute Gasteiger partial charge is 0.319 e. The molecule has 3 N–H and O–H groups in total. The molecule has 0 aliphatic carbocycles. The van der Waals surface area contributed by atoms with Gasteiger partial charge in [0, 0.05) is 25.6 Å². The van der Waals surface area contributed by atoms with Gasteiger partial charge >= 0.3 is 6.03 Å². The van der Waals surface area contributed by atoms with Crippen molar-refractivity contribution in [3.05, 3.63) is 23.2 Å². The first-order valence-corrected chi connectivity index (χ1v) is 8.96. The van der Waals surface area contributed by atoms with Crippen LogP contribution in [-0.4, -0.2) is 52.6 Å². The minimum absolute atomic E-state index is 0.0213. The highest BCUT2D eigenvalue weighted by Gasteiger charge is 2.09. The van der Waals surface area contributed by atoms with Crippen molar-refractivity contribution < 1.29 is 22.7 Å². The van der Waals surface area contributed by atoms with Crippen molar-refractivity contribution in [3.63, 3.8) is 0 Å². The summed E-state index contributed by atoms with van der Waals surface area (Å²) in [6.07, 6.45) is 1.08. The van der Waals surface area contributed by atoms with Gasteiger partial charge in [-0.2, -0.15) is 0 Å². The molecule has 0 saturated carbocycles. The van der Waals surface area contributed by atoms with E-state index in [1.165, 1.54) is 19.2 Å². The van der Waals surface area contributed by atoms with Crippen LogP contribution in [0.25, 0.3) is 0 Å². The summed E-state index contributed by atoms with van der Waals surface area (Å²) in [4.78, 5) is 23.1. The monoisotopic (exact) mass is 363 g/mol. The number of ether oxygens (including phenoxy) is 1. The number of amides is 3. The van der Waals surface area contributed by atoms with Crippen LogP contribution >= 0.6 is 11.6 Å². The van der Waals surface area contributed by atoms with E-state index in [2.05, 4.69) is 16.0 Å². The van der Waals surface area contributed by atoms with Crippen molar-refractivity contribution in [1.82, 2.24) is 5.32 Å². The van der Waals surface area contributed by atoms with Crippen LogP contribution < -0.4 is 16.0 Å². The van der Waals surface area contributed by atoms with Crippen molar-refractivity contribution in [3.8, 4) is 0 Å². The second-order valence-corrected chi connectivity index (χ2v) is 7.35. The Hall–Kier alpha value is -1.84. The third kappa shape index (κ3) is 7.82. The summed E-state index contributed by atoms with van der Waals surface area (Å²) in [5.74, 6) is -0.514. The van der Waals surface area contributed by atoms with Crippen molar-refractivity contribution in [2.75, 3.05) is 42.9 Å². The minimum atomic E-state index is -3.15. The first-order chi connectivity index (χ1) is 10.7. The zero-order valence-corrected chi connectivity index (χ0v) is 14.3. The Labute approximate surface area is 139 Å². The van der Waals surface area contributed by atoms with Gasteiger partial charge in [-0.1, -0.05) is 11.6 Å². The average Bonchev–Trinajstić information content (AvgIpc) is 2.41. The average molecular weight is 364 g/mol. The molecule has 0 radical (unpaired) electrons. The quantitative estimate of drug-likeness (QED) is 0.671. The van der Waals surface area contributed by atoms with E-state index in [-0.39, 0.29) is 35.5 Å². The molecule has 0 aliphatic rings. The molecule has 1 aromatic rings. The Morgan fingerprint density at radius 1 is 1.26 bits per heavy atom. The SMILES string of the molecule is COCC(=O)Nc1ccc(Cl)c(NC(=O)NCCS(C)(=O)=O)c1. The van der Waals surface area contributed by atoms with E-state index in [4.69, 9.17) is 16.3 Å². The van der Waals surface area contributed by atoms with Crippen LogP contribution in [0, 0.1) is 0 Å². The van der Waals surface area contributed by atoms with Gasteiger partial charge in [0.05, 0.1) is 16.5 Å². The van der Waals surface area contributed by atoms with Crippen LogP contribution in [0.3, 0.4) is 0 Å². The van der Waals surface area contributed by atoms with E-state index in [9.17, 15) is 18.0 Å². The molecule has 23 heavy (non-hydrogen) atoms. The summed E-state index contributed by atoms with van der Waals surface area (Å²) in [7, 11) is -1.76. The van der Waals surface area contributed by atoms with Crippen LogP contribution in [0.15, 0.2) is 18.2 Å². The van der Waals surface area contributed by atoms with Crippen molar-refractivity contribution >= 4 is 44.8 Å². The fraction of sp³-hybridized carbons (Fsp3) is 0.385. The van der Waals surface area contributed by atoms with Gasteiger partial charge < -0.3 is 20.7 Å². The lowest BCUT2D eigenvalue weighted by Crippen LogP contribution is -2.32. The maximum atomic E-state index is 11.7. The summed E-state index contributed by atoms with van der Waals surface area (Å²) in [5, 5.41) is 7.73. The molecule has 0 atom stereocenters. The summed E-state index contributed by atoms with van der Waals surface area (Å²) in [6, 6.07) is 3.96. The number of hydrogen-bond acceptors (Lipinski definition) is 5. The molecule has 0 saturated heterocycles. The van der Waals surface area contributed by atoms with E-state index in [1.807, 2.05) is 0 Å². The van der Waals surface area contributed by atoms with E-state index < -0.39 is 15.9 Å². The molecule has 10 heteroatoms. The topological polar surface area (TPSA) is 114 Å². The molecule has 1 rings (SSSR count). The number of carbonyl (C=O) groups excluding carboxylic acids is 2. The van der Waals surface area contributed by atoms with Gasteiger partial charge in [0.15, 0.2) is 0 Å². The molecule has 0 spiro atoms. The molecule has 0 heterocycles. The molecule has 0 aliphatic heterocycles. The highest BCUT2D eigenvalue weighted by atomic mass is 35.5. The van der Waals surface area contributed by atoms with Crippen molar-refractivity contribution in [1.29, 1.82) is 0 Å². The number of hydrogen-bond donors (Lipinski definition) is 3. The normalized spacial score (nSPS) is 10.9. The highest BCUT2D eigenvalue weighted by Crippen LogP contribution is 2.25. The molecule has 1 aromatic carbocycles. The largest absolute Gasteiger partial charge is 0.375 e. The second-order valence-electron chi connectivity index (χ2n) is 4.69. The molecule has 0 fully saturated rings. The fourth-order valence-corrected chi connectivity index (χ4v) is 2.18. The molecule has 3 amide bonds. The highest BCUT2D eigenvalue weighted by molar-refractivity contribution is 7.90. The molecular formula is C13H18ClN3O5S. The van der Waals surface area contributed by atoms with E-state index in [0.717, 1.165) is 6.26 Å². The predicted octanol–water partition coefficient (Wildman–Crippen LogP) is 1.09. The van der Waals surface area contributed by atoms with Crippen molar-refractivity contribution in [2.24, 2.45) is 0 Å². The lowest BCUT2D eigenvalue weighted by molar-refractivity contribution is -0.119. The number of rotatable bonds is 7. The number of nitrogens with one attached hydrogen (secondary N) is 3. The number of methoxy groups -OCH3 is 1. The lowest BCUT2D eigenvalue weighted by atomic mass is 10.2.